The normalized spacial score (nSPS) is 10.3. The van der Waals surface area contributed by atoms with E-state index in [4.69, 9.17) is 0 Å². The number of carbonyl (C=O) groups is 1. The number of benzene rings is 1. The summed E-state index contributed by atoms with van der Waals surface area (Å²) >= 11 is 1.53. The Kier molecular flexibility index (Phi) is 4.54. The molecule has 110 valence electrons. The number of amides is 1. The van der Waals surface area contributed by atoms with E-state index in [2.05, 4.69) is 0 Å². The summed E-state index contributed by atoms with van der Waals surface area (Å²) in [5.41, 5.74) is -0.518. The Bertz CT molecular complexity index is 655. The van der Waals surface area contributed by atoms with Gasteiger partial charge in [0.25, 0.3) is 5.91 Å². The van der Waals surface area contributed by atoms with Crippen LogP contribution in [0.3, 0.4) is 0 Å². The lowest BCUT2D eigenvalue weighted by Crippen LogP contribution is -2.30. The molecule has 1 aromatic heterocycles. The Morgan fingerprint density at radius 2 is 2.14 bits per heavy atom. The highest BCUT2D eigenvalue weighted by Crippen LogP contribution is 2.30. The average Bonchev–Trinajstić information content (AvgIpc) is 2.97. The molecule has 0 saturated heterocycles. The van der Waals surface area contributed by atoms with Gasteiger partial charge in [-0.15, -0.1) is 11.3 Å². The van der Waals surface area contributed by atoms with Crippen LogP contribution in [0.1, 0.15) is 22.2 Å². The second-order valence-corrected chi connectivity index (χ2v) is 5.36. The molecule has 0 aliphatic carbocycles. The highest BCUT2D eigenvalue weighted by molar-refractivity contribution is 7.09. The Labute approximate surface area is 125 Å². The number of thiophene rings is 1. The molecule has 0 spiro atoms. The number of phenolic OH excluding ortho intramolecular Hbond substituents is 1. The number of nitrogens with zero attached hydrogens (tertiary/aromatic N) is 2. The number of para-hydroxylation sites is 1. The Morgan fingerprint density at radius 1 is 1.38 bits per heavy atom. The molecular weight excluding hydrogens is 292 g/mol. The van der Waals surface area contributed by atoms with Crippen LogP contribution in [-0.2, 0) is 6.54 Å². The first-order chi connectivity index (χ1) is 10.0. The van der Waals surface area contributed by atoms with E-state index in [1.54, 1.807) is 0 Å². The Hall–Kier alpha value is -2.41. The van der Waals surface area contributed by atoms with Gasteiger partial charge in [0.1, 0.15) is 0 Å². The molecule has 1 heterocycles. The van der Waals surface area contributed by atoms with Crippen molar-refractivity contribution >= 4 is 22.9 Å². The average molecular weight is 306 g/mol. The van der Waals surface area contributed by atoms with Crippen molar-refractivity contribution in [3.63, 3.8) is 0 Å². The molecule has 1 aromatic carbocycles. The van der Waals surface area contributed by atoms with E-state index >= 15 is 0 Å². The van der Waals surface area contributed by atoms with Gasteiger partial charge < -0.3 is 10.0 Å². The second-order valence-electron chi connectivity index (χ2n) is 4.33. The number of hydrogen-bond donors (Lipinski definition) is 1. The molecule has 6 nitrogen and oxygen atoms in total. The standard InChI is InChI=1S/C14H14N2O4S/c1-2-15(9-10-5-4-8-21-10)14(18)11-6-3-7-12(13(11)17)16(19)20/h3-8,17H,2,9H2,1H3. The van der Waals surface area contributed by atoms with Crippen LogP contribution in [0.4, 0.5) is 5.69 Å². The molecule has 0 aliphatic rings. The van der Waals surface area contributed by atoms with Gasteiger partial charge in [0, 0.05) is 17.5 Å². The zero-order valence-electron chi connectivity index (χ0n) is 11.4. The van der Waals surface area contributed by atoms with Gasteiger partial charge in [-0.05, 0) is 24.4 Å². The van der Waals surface area contributed by atoms with Crippen LogP contribution in [0.2, 0.25) is 0 Å². The van der Waals surface area contributed by atoms with Crippen molar-refractivity contribution in [1.82, 2.24) is 4.90 Å². The van der Waals surface area contributed by atoms with E-state index in [0.29, 0.717) is 13.1 Å². The number of nitro benzene ring substituents is 1. The molecule has 0 bridgehead atoms. The minimum atomic E-state index is -0.707. The second kappa shape index (κ2) is 6.36. The summed E-state index contributed by atoms with van der Waals surface area (Å²) in [6.45, 7) is 2.67. The van der Waals surface area contributed by atoms with Crippen molar-refractivity contribution < 1.29 is 14.8 Å². The van der Waals surface area contributed by atoms with Gasteiger partial charge in [-0.3, -0.25) is 14.9 Å². The van der Waals surface area contributed by atoms with E-state index in [-0.39, 0.29) is 5.56 Å². The van der Waals surface area contributed by atoms with Gasteiger partial charge in [-0.1, -0.05) is 12.1 Å². The molecule has 0 fully saturated rings. The summed E-state index contributed by atoms with van der Waals surface area (Å²) in [7, 11) is 0. The van der Waals surface area contributed by atoms with Crippen molar-refractivity contribution in [1.29, 1.82) is 0 Å². The molecule has 2 aromatic rings. The summed E-state index contributed by atoms with van der Waals surface area (Å²) in [5.74, 6) is -1.01. The van der Waals surface area contributed by atoms with Gasteiger partial charge in [0.2, 0.25) is 5.75 Å². The van der Waals surface area contributed by atoms with Crippen molar-refractivity contribution in [3.05, 3.63) is 56.3 Å². The highest BCUT2D eigenvalue weighted by Gasteiger charge is 2.24. The van der Waals surface area contributed by atoms with Crippen molar-refractivity contribution in [2.45, 2.75) is 13.5 Å². The summed E-state index contributed by atoms with van der Waals surface area (Å²) in [4.78, 5) is 25.1. The van der Waals surface area contributed by atoms with Crippen LogP contribution in [0, 0.1) is 10.1 Å². The van der Waals surface area contributed by atoms with Crippen LogP contribution >= 0.6 is 11.3 Å². The number of rotatable bonds is 5. The lowest BCUT2D eigenvalue weighted by Gasteiger charge is -2.20. The SMILES string of the molecule is CCN(Cc1cccs1)C(=O)c1cccc([N+](=O)[O-])c1O. The minimum Gasteiger partial charge on any atom is -0.502 e. The number of hydrogen-bond acceptors (Lipinski definition) is 5. The molecule has 7 heteroatoms. The number of carbonyl (C=O) groups excluding carboxylic acids is 1. The first-order valence-electron chi connectivity index (χ1n) is 6.32. The zero-order valence-corrected chi connectivity index (χ0v) is 12.2. The third-order valence-corrected chi connectivity index (χ3v) is 3.90. The van der Waals surface area contributed by atoms with Crippen LogP contribution in [0.15, 0.2) is 35.7 Å². The number of nitro groups is 1. The summed E-state index contributed by atoms with van der Waals surface area (Å²) < 4.78 is 0. The number of aromatic hydroxyl groups is 1. The lowest BCUT2D eigenvalue weighted by atomic mass is 10.1. The Balaban J connectivity index is 2.29. The molecule has 0 radical (unpaired) electrons. The fourth-order valence-electron chi connectivity index (χ4n) is 1.94. The Morgan fingerprint density at radius 3 is 2.71 bits per heavy atom. The van der Waals surface area contributed by atoms with Crippen molar-refractivity contribution in [3.8, 4) is 5.75 Å². The molecule has 0 unspecified atom stereocenters. The predicted octanol–water partition coefficient (Wildman–Crippen LogP) is 3.02. The maximum atomic E-state index is 12.4. The maximum Gasteiger partial charge on any atom is 0.311 e. The first kappa shape index (κ1) is 15.0. The monoisotopic (exact) mass is 306 g/mol. The molecule has 21 heavy (non-hydrogen) atoms. The molecular formula is C14H14N2O4S. The summed E-state index contributed by atoms with van der Waals surface area (Å²) in [6.07, 6.45) is 0. The molecule has 1 amide bonds. The van der Waals surface area contributed by atoms with Crippen LogP contribution < -0.4 is 0 Å². The van der Waals surface area contributed by atoms with Gasteiger partial charge >= 0.3 is 5.69 Å². The third kappa shape index (κ3) is 3.19. The minimum absolute atomic E-state index is 0.0531. The topological polar surface area (TPSA) is 83.7 Å². The first-order valence-corrected chi connectivity index (χ1v) is 7.20. The largest absolute Gasteiger partial charge is 0.502 e. The molecule has 1 N–H and O–H groups in total. The summed E-state index contributed by atoms with van der Waals surface area (Å²) in [6, 6.07) is 7.75. The van der Waals surface area contributed by atoms with Crippen LogP contribution in [-0.4, -0.2) is 27.4 Å². The molecule has 0 aliphatic heterocycles. The molecule has 2 rings (SSSR count). The quantitative estimate of drug-likeness (QED) is 0.680. The smallest absolute Gasteiger partial charge is 0.311 e. The van der Waals surface area contributed by atoms with Crippen LogP contribution in [0.25, 0.3) is 0 Å². The molecule has 0 saturated carbocycles. The van der Waals surface area contributed by atoms with E-state index in [1.165, 1.54) is 34.4 Å². The third-order valence-electron chi connectivity index (χ3n) is 3.04. The van der Waals surface area contributed by atoms with E-state index < -0.39 is 22.3 Å². The van der Waals surface area contributed by atoms with Crippen LogP contribution in [0.5, 0.6) is 5.75 Å². The van der Waals surface area contributed by atoms with E-state index in [9.17, 15) is 20.0 Å². The van der Waals surface area contributed by atoms with E-state index in [1.807, 2.05) is 24.4 Å². The number of phenols is 1. The summed E-state index contributed by atoms with van der Waals surface area (Å²) in [5, 5.41) is 22.6. The van der Waals surface area contributed by atoms with Crippen molar-refractivity contribution in [2.75, 3.05) is 6.54 Å². The van der Waals surface area contributed by atoms with Gasteiger partial charge in [-0.25, -0.2) is 0 Å². The lowest BCUT2D eigenvalue weighted by molar-refractivity contribution is -0.385. The zero-order chi connectivity index (χ0) is 15.4. The maximum absolute atomic E-state index is 12.4. The fraction of sp³-hybridized carbons (Fsp3) is 0.214. The van der Waals surface area contributed by atoms with Gasteiger partial charge in [-0.2, -0.15) is 0 Å². The predicted molar refractivity (Wildman–Crippen MR) is 79.5 cm³/mol. The fourth-order valence-corrected chi connectivity index (χ4v) is 2.66. The van der Waals surface area contributed by atoms with E-state index in [0.717, 1.165) is 4.88 Å². The van der Waals surface area contributed by atoms with Crippen molar-refractivity contribution in [2.24, 2.45) is 0 Å². The van der Waals surface area contributed by atoms with Gasteiger partial charge in [0.05, 0.1) is 17.0 Å². The highest BCUT2D eigenvalue weighted by atomic mass is 32.1. The molecule has 0 atom stereocenters. The van der Waals surface area contributed by atoms with Gasteiger partial charge in [0.15, 0.2) is 0 Å².